The number of nitrogens with zero attached hydrogens (tertiary/aromatic N) is 1. The first-order valence-corrected chi connectivity index (χ1v) is 7.77. The Labute approximate surface area is 148 Å². The predicted octanol–water partition coefficient (Wildman–Crippen LogP) is 1.05. The van der Waals surface area contributed by atoms with E-state index in [1.807, 2.05) is 0 Å². The van der Waals surface area contributed by atoms with Crippen molar-refractivity contribution in [1.29, 1.82) is 0 Å². The molecule has 0 bridgehead atoms. The van der Waals surface area contributed by atoms with Crippen molar-refractivity contribution in [3.63, 3.8) is 0 Å². The molecule has 0 aliphatic rings. The molecule has 9 nitrogen and oxygen atoms in total. The van der Waals surface area contributed by atoms with E-state index in [-0.39, 0.29) is 35.2 Å². The molecule has 1 aromatic heterocycles. The van der Waals surface area contributed by atoms with E-state index in [9.17, 15) is 30.0 Å². The molecule has 140 valence electrons. The molecule has 0 radical (unpaired) electrons. The molecule has 2 unspecified atom stereocenters. The van der Waals surface area contributed by atoms with Gasteiger partial charge in [-0.3, -0.25) is 14.2 Å². The molecule has 0 aliphatic carbocycles. The van der Waals surface area contributed by atoms with Crippen LogP contribution in [0, 0.1) is 0 Å². The van der Waals surface area contributed by atoms with Gasteiger partial charge in [-0.2, -0.15) is 0 Å². The minimum absolute atomic E-state index is 0.0401. The van der Waals surface area contributed by atoms with Crippen LogP contribution in [-0.4, -0.2) is 48.0 Å². The maximum absolute atomic E-state index is 12.1. The summed E-state index contributed by atoms with van der Waals surface area (Å²) in [5.74, 6) is -2.98. The number of aliphatic carboxylic acids is 1. The molecule has 0 aliphatic heterocycles. The van der Waals surface area contributed by atoms with Crippen LogP contribution in [0.15, 0.2) is 24.3 Å². The first kappa shape index (κ1) is 19.0. The van der Waals surface area contributed by atoms with Gasteiger partial charge in [-0.25, -0.2) is 0 Å². The largest absolute Gasteiger partial charge is 0.508 e. The lowest BCUT2D eigenvalue weighted by Crippen LogP contribution is -2.41. The quantitative estimate of drug-likeness (QED) is 0.448. The van der Waals surface area contributed by atoms with Crippen molar-refractivity contribution in [2.24, 2.45) is 0 Å². The molecule has 6 N–H and O–H groups in total. The fraction of sp³-hybridized carbons (Fsp3) is 0.294. The summed E-state index contributed by atoms with van der Waals surface area (Å²) < 4.78 is 0.955. The normalized spacial score (nSPS) is 13.2. The van der Waals surface area contributed by atoms with E-state index in [0.717, 1.165) is 10.6 Å². The second kappa shape index (κ2) is 7.26. The lowest BCUT2D eigenvalue weighted by Gasteiger charge is -2.18. The minimum atomic E-state index is -1.21. The molecule has 2 atom stereocenters. The Morgan fingerprint density at radius 1 is 1.08 bits per heavy atom. The number of hydrogen-bond acceptors (Lipinski definition) is 6. The molecule has 0 saturated heterocycles. The highest BCUT2D eigenvalue weighted by Crippen LogP contribution is 2.35. The molecule has 2 rings (SSSR count). The van der Waals surface area contributed by atoms with E-state index in [0.29, 0.717) is 5.56 Å². The fourth-order valence-electron chi connectivity index (χ4n) is 2.48. The number of nitrogens with one attached hydrogen (secondary N) is 1. The van der Waals surface area contributed by atoms with Crippen molar-refractivity contribution >= 4 is 11.9 Å². The topological polar surface area (TPSA) is 152 Å². The fourth-order valence-corrected chi connectivity index (χ4v) is 2.48. The minimum Gasteiger partial charge on any atom is -0.508 e. The van der Waals surface area contributed by atoms with E-state index in [1.54, 1.807) is 0 Å². The van der Waals surface area contributed by atoms with Crippen LogP contribution in [0.1, 0.15) is 31.0 Å². The first-order chi connectivity index (χ1) is 12.1. The Balaban J connectivity index is 2.26. The van der Waals surface area contributed by atoms with E-state index < -0.39 is 24.0 Å². The Morgan fingerprint density at radius 3 is 2.31 bits per heavy atom. The van der Waals surface area contributed by atoms with Crippen LogP contribution in [0.5, 0.6) is 23.3 Å². The molecule has 1 heterocycles. The van der Waals surface area contributed by atoms with Crippen LogP contribution in [0.25, 0.3) is 0 Å². The van der Waals surface area contributed by atoms with Gasteiger partial charge in [-0.05, 0) is 25.5 Å². The molecular formula is C17H20N2O7. The summed E-state index contributed by atoms with van der Waals surface area (Å²) >= 11 is 0. The number of phenolic OH excluding ortho intramolecular Hbond substituents is 2. The molecule has 26 heavy (non-hydrogen) atoms. The molecule has 2 aromatic rings. The van der Waals surface area contributed by atoms with E-state index in [1.165, 1.54) is 32.0 Å². The second-order valence-electron chi connectivity index (χ2n) is 5.96. The molecule has 1 amide bonds. The van der Waals surface area contributed by atoms with Crippen LogP contribution in [0.4, 0.5) is 0 Å². The Kier molecular flexibility index (Phi) is 5.30. The number of aromatic nitrogens is 1. The number of hydrogen-bond donors (Lipinski definition) is 6. The standard InChI is InChI=1S/C17H20N2O7/c1-8(17(25)26)18-15(23)9(2)19-14(22)6-11(16(19)24)5-10-3-4-12(20)7-13(10)21/h3-4,6-9,20-22,24H,5H2,1-2H3,(H,18,23)(H,25,26). The van der Waals surface area contributed by atoms with Gasteiger partial charge in [0.05, 0.1) is 0 Å². The predicted molar refractivity (Wildman–Crippen MR) is 90.3 cm³/mol. The van der Waals surface area contributed by atoms with Crippen LogP contribution < -0.4 is 5.32 Å². The summed E-state index contributed by atoms with van der Waals surface area (Å²) in [5.41, 5.74) is 0.640. The van der Waals surface area contributed by atoms with Crippen LogP contribution in [-0.2, 0) is 16.0 Å². The number of aromatic hydroxyl groups is 4. The average Bonchev–Trinajstić information content (AvgIpc) is 2.83. The molecule has 9 heteroatoms. The number of phenols is 2. The molecule has 0 spiro atoms. The molecule has 0 saturated carbocycles. The van der Waals surface area contributed by atoms with Crippen molar-refractivity contribution in [3.05, 3.63) is 35.4 Å². The molecule has 0 fully saturated rings. The lowest BCUT2D eigenvalue weighted by molar-refractivity contribution is -0.141. The SMILES string of the molecule is CC(NC(=O)C(C)n1c(O)cc(Cc2ccc(O)cc2O)c1O)C(=O)O. The summed E-state index contributed by atoms with van der Waals surface area (Å²) in [6.07, 6.45) is 0.0401. The van der Waals surface area contributed by atoms with E-state index in [4.69, 9.17) is 5.11 Å². The summed E-state index contributed by atoms with van der Waals surface area (Å²) in [5, 5.41) is 50.7. The summed E-state index contributed by atoms with van der Waals surface area (Å²) in [6.45, 7) is 2.69. The Morgan fingerprint density at radius 2 is 1.73 bits per heavy atom. The highest BCUT2D eigenvalue weighted by Gasteiger charge is 2.26. The van der Waals surface area contributed by atoms with Gasteiger partial charge in [-0.15, -0.1) is 0 Å². The van der Waals surface area contributed by atoms with Crippen molar-refractivity contribution in [2.45, 2.75) is 32.4 Å². The van der Waals surface area contributed by atoms with Gasteiger partial charge in [0.15, 0.2) is 11.8 Å². The van der Waals surface area contributed by atoms with Crippen LogP contribution in [0.3, 0.4) is 0 Å². The van der Waals surface area contributed by atoms with Crippen molar-refractivity contribution in [2.75, 3.05) is 0 Å². The number of amides is 1. The monoisotopic (exact) mass is 364 g/mol. The van der Waals surface area contributed by atoms with Crippen LogP contribution in [0.2, 0.25) is 0 Å². The third kappa shape index (κ3) is 3.82. The molecule has 1 aromatic carbocycles. The van der Waals surface area contributed by atoms with Gasteiger partial charge >= 0.3 is 5.97 Å². The van der Waals surface area contributed by atoms with Gasteiger partial charge in [-0.1, -0.05) is 6.07 Å². The van der Waals surface area contributed by atoms with Gasteiger partial charge in [0.25, 0.3) is 0 Å². The number of carbonyl (C=O) groups excluding carboxylic acids is 1. The zero-order chi connectivity index (χ0) is 19.6. The third-order valence-corrected chi connectivity index (χ3v) is 4.01. The lowest BCUT2D eigenvalue weighted by atomic mass is 10.1. The number of benzene rings is 1. The van der Waals surface area contributed by atoms with Crippen molar-refractivity contribution in [1.82, 2.24) is 9.88 Å². The summed E-state index contributed by atoms with van der Waals surface area (Å²) in [6, 6.07) is 3.02. The number of carboxylic acid groups (broad SMARTS) is 1. The van der Waals surface area contributed by atoms with Crippen LogP contribution >= 0.6 is 0 Å². The average molecular weight is 364 g/mol. The maximum atomic E-state index is 12.1. The highest BCUT2D eigenvalue weighted by atomic mass is 16.4. The Hall–Kier alpha value is -3.36. The van der Waals surface area contributed by atoms with E-state index >= 15 is 0 Å². The van der Waals surface area contributed by atoms with Gasteiger partial charge in [0.2, 0.25) is 5.91 Å². The number of rotatable bonds is 6. The molecular weight excluding hydrogens is 344 g/mol. The van der Waals surface area contributed by atoms with Gasteiger partial charge < -0.3 is 30.8 Å². The Bertz CT molecular complexity index is 844. The third-order valence-electron chi connectivity index (χ3n) is 4.01. The van der Waals surface area contributed by atoms with Gasteiger partial charge in [0.1, 0.15) is 23.6 Å². The smallest absolute Gasteiger partial charge is 0.325 e. The zero-order valence-corrected chi connectivity index (χ0v) is 14.2. The summed E-state index contributed by atoms with van der Waals surface area (Å²) in [4.78, 5) is 23.0. The highest BCUT2D eigenvalue weighted by molar-refractivity contribution is 5.85. The zero-order valence-electron chi connectivity index (χ0n) is 14.2. The van der Waals surface area contributed by atoms with Gasteiger partial charge in [0, 0.05) is 24.1 Å². The first-order valence-electron chi connectivity index (χ1n) is 7.77. The summed E-state index contributed by atoms with van der Waals surface area (Å²) in [7, 11) is 0. The van der Waals surface area contributed by atoms with E-state index in [2.05, 4.69) is 5.32 Å². The second-order valence-corrected chi connectivity index (χ2v) is 5.96. The number of carboxylic acids is 1. The maximum Gasteiger partial charge on any atom is 0.325 e. The van der Waals surface area contributed by atoms with Crippen molar-refractivity contribution in [3.8, 4) is 23.3 Å². The number of carbonyl (C=O) groups is 2. The van der Waals surface area contributed by atoms with Crippen molar-refractivity contribution < 1.29 is 35.1 Å².